The molecule has 2 aromatic rings. The highest BCUT2D eigenvalue weighted by atomic mass is 32.2. The molecule has 2 heterocycles. The Bertz CT molecular complexity index is 895. The highest BCUT2D eigenvalue weighted by molar-refractivity contribution is 7.99. The van der Waals surface area contributed by atoms with Crippen LogP contribution in [0, 0.1) is 5.82 Å². The molecule has 148 valence electrons. The van der Waals surface area contributed by atoms with Gasteiger partial charge >= 0.3 is 0 Å². The molecule has 0 radical (unpaired) electrons. The van der Waals surface area contributed by atoms with E-state index in [2.05, 4.69) is 6.07 Å². The first-order valence-corrected chi connectivity index (χ1v) is 10.3. The van der Waals surface area contributed by atoms with Crippen LogP contribution in [0.15, 0.2) is 46.2 Å². The van der Waals surface area contributed by atoms with Gasteiger partial charge < -0.3 is 14.4 Å². The van der Waals surface area contributed by atoms with E-state index in [4.69, 9.17) is 9.47 Å². The van der Waals surface area contributed by atoms with Crippen LogP contribution >= 0.6 is 11.8 Å². The molecule has 0 bridgehead atoms. The zero-order valence-electron chi connectivity index (χ0n) is 16.2. The van der Waals surface area contributed by atoms with Gasteiger partial charge in [-0.1, -0.05) is 17.8 Å². The number of carbonyl (C=O) groups excluding carboxylic acids is 1. The molecule has 28 heavy (non-hydrogen) atoms. The van der Waals surface area contributed by atoms with E-state index in [0.29, 0.717) is 24.5 Å². The Morgan fingerprint density at radius 2 is 1.93 bits per heavy atom. The molecule has 6 heteroatoms. The average molecular weight is 402 g/mol. The summed E-state index contributed by atoms with van der Waals surface area (Å²) in [5.74, 6) is -0.106. The molecule has 0 N–H and O–H groups in total. The predicted octanol–water partition coefficient (Wildman–Crippen LogP) is 4.54. The number of rotatable bonds is 4. The first kappa shape index (κ1) is 19.4. The second-order valence-corrected chi connectivity index (χ2v) is 8.42. The summed E-state index contributed by atoms with van der Waals surface area (Å²) in [6.45, 7) is 1.25. The highest BCUT2D eigenvalue weighted by Crippen LogP contribution is 2.39. The summed E-state index contributed by atoms with van der Waals surface area (Å²) in [6.07, 6.45) is 2.70. The SMILES string of the molecule is COC1(c2ccc(Sc3ccc4c(c3)CCC(=O)N4C)c(F)c2)CCOCC1. The van der Waals surface area contributed by atoms with E-state index in [0.717, 1.165) is 41.0 Å². The van der Waals surface area contributed by atoms with Gasteiger partial charge in [0, 0.05) is 62.1 Å². The molecule has 0 aliphatic carbocycles. The van der Waals surface area contributed by atoms with Gasteiger partial charge in [-0.05, 0) is 47.9 Å². The van der Waals surface area contributed by atoms with Gasteiger partial charge in [-0.2, -0.15) is 0 Å². The zero-order chi connectivity index (χ0) is 19.7. The molecule has 0 unspecified atom stereocenters. The van der Waals surface area contributed by atoms with Crippen molar-refractivity contribution in [3.8, 4) is 0 Å². The van der Waals surface area contributed by atoms with Crippen molar-refractivity contribution >= 4 is 23.4 Å². The maximum atomic E-state index is 14.9. The summed E-state index contributed by atoms with van der Waals surface area (Å²) in [6, 6.07) is 11.4. The van der Waals surface area contributed by atoms with Crippen LogP contribution < -0.4 is 4.90 Å². The Kier molecular flexibility index (Phi) is 5.45. The number of anilines is 1. The highest BCUT2D eigenvalue weighted by Gasteiger charge is 2.35. The van der Waals surface area contributed by atoms with Crippen LogP contribution in [-0.4, -0.2) is 33.3 Å². The molecule has 0 aromatic heterocycles. The lowest BCUT2D eigenvalue weighted by atomic mass is 9.86. The number of amides is 1. The third kappa shape index (κ3) is 3.56. The van der Waals surface area contributed by atoms with Crippen LogP contribution in [0.3, 0.4) is 0 Å². The normalized spacial score (nSPS) is 18.8. The summed E-state index contributed by atoms with van der Waals surface area (Å²) < 4.78 is 26.1. The summed E-state index contributed by atoms with van der Waals surface area (Å²) in [5, 5.41) is 0. The molecule has 2 aromatic carbocycles. The van der Waals surface area contributed by atoms with Crippen LogP contribution in [-0.2, 0) is 26.3 Å². The van der Waals surface area contributed by atoms with Gasteiger partial charge in [0.2, 0.25) is 5.91 Å². The first-order valence-electron chi connectivity index (χ1n) is 9.53. The monoisotopic (exact) mass is 401 g/mol. The molecule has 2 aliphatic rings. The maximum Gasteiger partial charge on any atom is 0.227 e. The average Bonchev–Trinajstić information content (AvgIpc) is 2.73. The van der Waals surface area contributed by atoms with E-state index in [1.165, 1.54) is 11.8 Å². The van der Waals surface area contributed by atoms with Crippen LogP contribution in [0.4, 0.5) is 10.1 Å². The lowest BCUT2D eigenvalue weighted by Gasteiger charge is -2.36. The van der Waals surface area contributed by atoms with Gasteiger partial charge in [0.05, 0.1) is 5.60 Å². The minimum atomic E-state index is -0.467. The number of nitrogens with zero attached hydrogens (tertiary/aromatic N) is 1. The number of carbonyl (C=O) groups is 1. The number of benzene rings is 2. The summed E-state index contributed by atoms with van der Waals surface area (Å²) >= 11 is 1.41. The largest absolute Gasteiger partial charge is 0.381 e. The fourth-order valence-corrected chi connectivity index (χ4v) is 4.89. The zero-order valence-corrected chi connectivity index (χ0v) is 17.0. The van der Waals surface area contributed by atoms with Crippen LogP contribution in [0.1, 0.15) is 30.4 Å². The van der Waals surface area contributed by atoms with Crippen LogP contribution in [0.2, 0.25) is 0 Å². The van der Waals surface area contributed by atoms with E-state index >= 15 is 0 Å². The van der Waals surface area contributed by atoms with E-state index < -0.39 is 5.60 Å². The number of ether oxygens (including phenoxy) is 2. The Morgan fingerprint density at radius 3 is 2.64 bits per heavy atom. The predicted molar refractivity (Wildman–Crippen MR) is 107 cm³/mol. The van der Waals surface area contributed by atoms with E-state index in [1.54, 1.807) is 25.1 Å². The Labute approximate surface area is 169 Å². The Morgan fingerprint density at radius 1 is 1.14 bits per heavy atom. The van der Waals surface area contributed by atoms with Gasteiger partial charge in [0.25, 0.3) is 0 Å². The fourth-order valence-electron chi connectivity index (χ4n) is 4.00. The number of fused-ring (bicyclic) bond motifs is 1. The number of hydrogen-bond acceptors (Lipinski definition) is 4. The van der Waals surface area contributed by atoms with E-state index in [9.17, 15) is 9.18 Å². The summed E-state index contributed by atoms with van der Waals surface area (Å²) in [7, 11) is 3.48. The number of hydrogen-bond donors (Lipinski definition) is 0. The van der Waals surface area contributed by atoms with Gasteiger partial charge in [0.1, 0.15) is 5.82 Å². The van der Waals surface area contributed by atoms with Gasteiger partial charge in [0.15, 0.2) is 0 Å². The molecular formula is C22H24FNO3S. The first-order chi connectivity index (χ1) is 13.5. The van der Waals surface area contributed by atoms with E-state index in [1.807, 2.05) is 24.3 Å². The molecular weight excluding hydrogens is 377 g/mol. The molecule has 0 saturated carbocycles. The molecule has 4 nitrogen and oxygen atoms in total. The third-order valence-corrected chi connectivity index (χ3v) is 6.81. The standard InChI is InChI=1S/C22H24FNO3S/c1-24-19-6-5-17(13-15(19)3-8-21(24)25)28-20-7-4-16(14-18(20)23)22(26-2)9-11-27-12-10-22/h4-7,13-14H,3,8-12H2,1-2H3. The van der Waals surface area contributed by atoms with Crippen molar-refractivity contribution in [2.45, 2.75) is 41.1 Å². The molecule has 4 rings (SSSR count). The second-order valence-electron chi connectivity index (χ2n) is 7.30. The molecule has 2 aliphatic heterocycles. The molecule has 1 saturated heterocycles. The minimum absolute atomic E-state index is 0.134. The second kappa shape index (κ2) is 7.85. The summed E-state index contributed by atoms with van der Waals surface area (Å²) in [4.78, 5) is 15.1. The van der Waals surface area contributed by atoms with Crippen molar-refractivity contribution in [2.24, 2.45) is 0 Å². The van der Waals surface area contributed by atoms with E-state index in [-0.39, 0.29) is 11.7 Å². The minimum Gasteiger partial charge on any atom is -0.381 e. The number of methoxy groups -OCH3 is 1. The molecule has 0 atom stereocenters. The summed E-state index contributed by atoms with van der Waals surface area (Å²) in [5.41, 5.74) is 2.47. The van der Waals surface area contributed by atoms with Crippen molar-refractivity contribution < 1.29 is 18.7 Å². The Balaban J connectivity index is 1.57. The smallest absolute Gasteiger partial charge is 0.227 e. The molecule has 0 spiro atoms. The van der Waals surface area contributed by atoms with Gasteiger partial charge in [-0.25, -0.2) is 4.39 Å². The van der Waals surface area contributed by atoms with Crippen LogP contribution in [0.5, 0.6) is 0 Å². The van der Waals surface area contributed by atoms with Crippen molar-refractivity contribution in [3.05, 3.63) is 53.3 Å². The number of aryl methyl sites for hydroxylation is 1. The number of halogens is 1. The van der Waals surface area contributed by atoms with Crippen molar-refractivity contribution in [1.29, 1.82) is 0 Å². The fraction of sp³-hybridized carbons (Fsp3) is 0.409. The third-order valence-electron chi connectivity index (χ3n) is 5.77. The van der Waals surface area contributed by atoms with Gasteiger partial charge in [-0.3, -0.25) is 4.79 Å². The van der Waals surface area contributed by atoms with Gasteiger partial charge in [-0.15, -0.1) is 0 Å². The Hall–Kier alpha value is -1.89. The quantitative estimate of drug-likeness (QED) is 0.754. The maximum absolute atomic E-state index is 14.9. The topological polar surface area (TPSA) is 38.8 Å². The molecule has 1 fully saturated rings. The van der Waals surface area contributed by atoms with Crippen molar-refractivity contribution in [2.75, 3.05) is 32.3 Å². The molecule has 1 amide bonds. The van der Waals surface area contributed by atoms with Crippen molar-refractivity contribution in [3.63, 3.8) is 0 Å². The lowest BCUT2D eigenvalue weighted by Crippen LogP contribution is -2.35. The van der Waals surface area contributed by atoms with Crippen molar-refractivity contribution in [1.82, 2.24) is 0 Å². The lowest BCUT2D eigenvalue weighted by molar-refractivity contribution is -0.118. The van der Waals surface area contributed by atoms with Crippen LogP contribution in [0.25, 0.3) is 0 Å².